The van der Waals surface area contributed by atoms with Gasteiger partial charge < -0.3 is 4.74 Å². The van der Waals surface area contributed by atoms with E-state index in [2.05, 4.69) is 6.92 Å². The van der Waals surface area contributed by atoms with Crippen LogP contribution in [0.3, 0.4) is 0 Å². The average molecular weight is 256 g/mol. The molecule has 3 heteroatoms. The number of Topliss-reactive ketones (excluding diaryl/α,β-unsaturated/α-hetero) is 1. The van der Waals surface area contributed by atoms with Crippen LogP contribution in [0.4, 0.5) is 0 Å². The number of unbranched alkanes of at least 4 members (excludes halogenated alkanes) is 6. The molecule has 0 unspecified atom stereocenters. The van der Waals surface area contributed by atoms with E-state index in [-0.39, 0.29) is 18.2 Å². The number of ether oxygens (including phenoxy) is 1. The highest BCUT2D eigenvalue weighted by Crippen LogP contribution is 2.09. The Morgan fingerprint density at radius 2 is 1.39 bits per heavy atom. The quantitative estimate of drug-likeness (QED) is 0.391. The van der Waals surface area contributed by atoms with Crippen LogP contribution in [0, 0.1) is 0 Å². The summed E-state index contributed by atoms with van der Waals surface area (Å²) in [4.78, 5) is 22.5. The van der Waals surface area contributed by atoms with Gasteiger partial charge in [-0.3, -0.25) is 9.59 Å². The molecule has 0 saturated heterocycles. The summed E-state index contributed by atoms with van der Waals surface area (Å²) in [5.74, 6) is -0.0676. The molecule has 0 aromatic rings. The van der Waals surface area contributed by atoms with Gasteiger partial charge in [0.1, 0.15) is 5.78 Å². The first kappa shape index (κ1) is 17.1. The van der Waals surface area contributed by atoms with Crippen molar-refractivity contribution in [2.75, 3.05) is 6.61 Å². The third-order valence-corrected chi connectivity index (χ3v) is 2.97. The Morgan fingerprint density at radius 3 is 2.00 bits per heavy atom. The lowest BCUT2D eigenvalue weighted by molar-refractivity contribution is -0.144. The number of carbonyl (C=O) groups is 2. The summed E-state index contributed by atoms with van der Waals surface area (Å²) in [6, 6.07) is 0. The van der Waals surface area contributed by atoms with E-state index in [0.717, 1.165) is 12.8 Å². The van der Waals surface area contributed by atoms with E-state index in [1.807, 2.05) is 0 Å². The van der Waals surface area contributed by atoms with Crippen molar-refractivity contribution in [3.8, 4) is 0 Å². The minimum absolute atomic E-state index is 0.191. The summed E-state index contributed by atoms with van der Waals surface area (Å²) in [6.45, 7) is 4.38. The number of hydrogen-bond donors (Lipinski definition) is 0. The van der Waals surface area contributed by atoms with Crippen LogP contribution in [0.5, 0.6) is 0 Å². The molecule has 0 bridgehead atoms. The largest absolute Gasteiger partial charge is 0.466 e. The molecular weight excluding hydrogens is 228 g/mol. The van der Waals surface area contributed by atoms with Crippen molar-refractivity contribution < 1.29 is 14.3 Å². The first-order chi connectivity index (χ1) is 8.70. The number of rotatable bonds is 12. The molecule has 3 nitrogen and oxygen atoms in total. The van der Waals surface area contributed by atoms with Crippen molar-refractivity contribution in [1.29, 1.82) is 0 Å². The van der Waals surface area contributed by atoms with Crippen LogP contribution in [-0.4, -0.2) is 18.4 Å². The smallest absolute Gasteiger partial charge is 0.306 e. The van der Waals surface area contributed by atoms with Crippen molar-refractivity contribution in [3.05, 3.63) is 0 Å². The highest BCUT2D eigenvalue weighted by atomic mass is 16.5. The molecule has 0 rings (SSSR count). The first-order valence-corrected chi connectivity index (χ1v) is 7.38. The molecule has 0 radical (unpaired) electrons. The fourth-order valence-corrected chi connectivity index (χ4v) is 1.88. The zero-order valence-corrected chi connectivity index (χ0v) is 12.0. The molecule has 18 heavy (non-hydrogen) atoms. The standard InChI is InChI=1S/C15H28O3/c1-3-5-6-7-8-9-10-11-14(16)12-13-15(17)18-4-2/h3-13H2,1-2H3. The zero-order valence-electron chi connectivity index (χ0n) is 12.0. The van der Waals surface area contributed by atoms with Crippen LogP contribution < -0.4 is 0 Å². The van der Waals surface area contributed by atoms with E-state index in [1.54, 1.807) is 6.92 Å². The van der Waals surface area contributed by atoms with Crippen LogP contribution in [0.1, 0.15) is 78.1 Å². The summed E-state index contributed by atoms with van der Waals surface area (Å²) in [7, 11) is 0. The van der Waals surface area contributed by atoms with Crippen LogP contribution in [0.25, 0.3) is 0 Å². The molecule has 106 valence electrons. The second-order valence-corrected chi connectivity index (χ2v) is 4.72. The molecule has 0 atom stereocenters. The zero-order chi connectivity index (χ0) is 13.6. The predicted molar refractivity (Wildman–Crippen MR) is 73.5 cm³/mol. The third kappa shape index (κ3) is 11.6. The SMILES string of the molecule is CCCCCCCCCC(=O)CCC(=O)OCC. The van der Waals surface area contributed by atoms with Crippen molar-refractivity contribution >= 4 is 11.8 Å². The van der Waals surface area contributed by atoms with Gasteiger partial charge in [-0.2, -0.15) is 0 Å². The van der Waals surface area contributed by atoms with E-state index in [0.29, 0.717) is 19.4 Å². The van der Waals surface area contributed by atoms with Crippen LogP contribution >= 0.6 is 0 Å². The summed E-state index contributed by atoms with van der Waals surface area (Å²) in [5.41, 5.74) is 0. The van der Waals surface area contributed by atoms with Crippen molar-refractivity contribution in [1.82, 2.24) is 0 Å². The van der Waals surface area contributed by atoms with Gasteiger partial charge in [-0.15, -0.1) is 0 Å². The van der Waals surface area contributed by atoms with Gasteiger partial charge in [0.2, 0.25) is 0 Å². The maximum atomic E-state index is 11.5. The van der Waals surface area contributed by atoms with Crippen LogP contribution in [-0.2, 0) is 14.3 Å². The van der Waals surface area contributed by atoms with E-state index < -0.39 is 0 Å². The Balaban J connectivity index is 3.29. The summed E-state index contributed by atoms with van der Waals surface area (Å²) < 4.78 is 4.78. The van der Waals surface area contributed by atoms with Crippen LogP contribution in [0.15, 0.2) is 0 Å². The molecule has 0 aliphatic rings. The summed E-state index contributed by atoms with van der Waals surface area (Å²) >= 11 is 0. The molecule has 0 N–H and O–H groups in total. The van der Waals surface area contributed by atoms with Gasteiger partial charge in [0, 0.05) is 12.8 Å². The maximum absolute atomic E-state index is 11.5. The Hall–Kier alpha value is -0.860. The lowest BCUT2D eigenvalue weighted by atomic mass is 10.1. The Labute approximate surface area is 111 Å². The molecule has 0 aromatic heterocycles. The van der Waals surface area contributed by atoms with Gasteiger partial charge in [0.25, 0.3) is 0 Å². The van der Waals surface area contributed by atoms with Gasteiger partial charge in [0.05, 0.1) is 13.0 Å². The summed E-state index contributed by atoms with van der Waals surface area (Å²) in [6.07, 6.45) is 9.71. The molecule has 0 heterocycles. The normalized spacial score (nSPS) is 10.3. The molecule has 0 aliphatic carbocycles. The van der Waals surface area contributed by atoms with E-state index in [4.69, 9.17) is 4.74 Å². The maximum Gasteiger partial charge on any atom is 0.306 e. The van der Waals surface area contributed by atoms with E-state index >= 15 is 0 Å². The number of ketones is 1. The lowest BCUT2D eigenvalue weighted by Gasteiger charge is -2.02. The lowest BCUT2D eigenvalue weighted by Crippen LogP contribution is -2.07. The molecule has 0 aromatic carbocycles. The predicted octanol–water partition coefficient (Wildman–Crippen LogP) is 4.04. The molecule has 0 aliphatic heterocycles. The Kier molecular flexibility index (Phi) is 12.0. The van der Waals surface area contributed by atoms with E-state index in [1.165, 1.54) is 32.1 Å². The molecule has 0 fully saturated rings. The van der Waals surface area contributed by atoms with Gasteiger partial charge >= 0.3 is 5.97 Å². The molecule has 0 amide bonds. The topological polar surface area (TPSA) is 43.4 Å². The van der Waals surface area contributed by atoms with Gasteiger partial charge in [-0.05, 0) is 13.3 Å². The minimum atomic E-state index is -0.259. The molecule has 0 saturated carbocycles. The first-order valence-electron chi connectivity index (χ1n) is 7.38. The highest BCUT2D eigenvalue weighted by Gasteiger charge is 2.07. The fraction of sp³-hybridized carbons (Fsp3) is 0.867. The Morgan fingerprint density at radius 1 is 0.778 bits per heavy atom. The minimum Gasteiger partial charge on any atom is -0.466 e. The van der Waals surface area contributed by atoms with Gasteiger partial charge in [-0.1, -0.05) is 45.4 Å². The number of carbonyl (C=O) groups excluding carboxylic acids is 2. The van der Waals surface area contributed by atoms with Crippen molar-refractivity contribution in [3.63, 3.8) is 0 Å². The third-order valence-electron chi connectivity index (χ3n) is 2.97. The fourth-order valence-electron chi connectivity index (χ4n) is 1.88. The van der Waals surface area contributed by atoms with Crippen molar-refractivity contribution in [2.45, 2.75) is 78.1 Å². The highest BCUT2D eigenvalue weighted by molar-refractivity contribution is 5.82. The van der Waals surface area contributed by atoms with Gasteiger partial charge in [-0.25, -0.2) is 0 Å². The van der Waals surface area contributed by atoms with E-state index in [9.17, 15) is 9.59 Å². The van der Waals surface area contributed by atoms with Crippen molar-refractivity contribution in [2.24, 2.45) is 0 Å². The second-order valence-electron chi connectivity index (χ2n) is 4.72. The Bertz CT molecular complexity index is 224. The number of hydrogen-bond acceptors (Lipinski definition) is 3. The second kappa shape index (κ2) is 12.6. The number of esters is 1. The monoisotopic (exact) mass is 256 g/mol. The van der Waals surface area contributed by atoms with Gasteiger partial charge in [0.15, 0.2) is 0 Å². The molecular formula is C15H28O3. The van der Waals surface area contributed by atoms with Crippen LogP contribution in [0.2, 0.25) is 0 Å². The average Bonchev–Trinajstić information content (AvgIpc) is 2.35. The molecule has 0 spiro atoms. The summed E-state index contributed by atoms with van der Waals surface area (Å²) in [5, 5.41) is 0.